The largest absolute Gasteiger partial charge is 0.310 e. The van der Waals surface area contributed by atoms with E-state index in [9.17, 15) is 9.00 Å². The minimum Gasteiger partial charge on any atom is -0.310 e. The van der Waals surface area contributed by atoms with Gasteiger partial charge in [0.2, 0.25) is 5.91 Å². The van der Waals surface area contributed by atoms with Crippen LogP contribution in [0.25, 0.3) is 0 Å². The molecule has 0 radical (unpaired) electrons. The summed E-state index contributed by atoms with van der Waals surface area (Å²) in [4.78, 5) is 12.3. The molecule has 0 aromatic carbocycles. The molecule has 0 spiro atoms. The van der Waals surface area contributed by atoms with E-state index in [1.54, 1.807) is 0 Å². The fourth-order valence-electron chi connectivity index (χ4n) is 2.04. The van der Waals surface area contributed by atoms with Crippen molar-refractivity contribution in [1.82, 2.24) is 9.78 Å². The van der Waals surface area contributed by atoms with Crippen molar-refractivity contribution in [2.45, 2.75) is 58.6 Å². The monoisotopic (exact) mass is 297 g/mol. The van der Waals surface area contributed by atoms with Gasteiger partial charge in [0.05, 0.1) is 22.7 Å². The van der Waals surface area contributed by atoms with Crippen LogP contribution in [-0.2, 0) is 32.6 Å². The van der Waals surface area contributed by atoms with Gasteiger partial charge in [0.15, 0.2) is 0 Å². The van der Waals surface area contributed by atoms with Gasteiger partial charge in [-0.3, -0.25) is 9.00 Å². The first kappa shape index (κ1) is 15.2. The molecule has 1 N–H and O–H groups in total. The summed E-state index contributed by atoms with van der Waals surface area (Å²) in [5.41, 5.74) is 1.07. The predicted octanol–water partition coefficient (Wildman–Crippen LogP) is 2.39. The molecule has 2 heterocycles. The van der Waals surface area contributed by atoms with Crippen LogP contribution >= 0.6 is 0 Å². The van der Waals surface area contributed by atoms with Crippen LogP contribution in [0.1, 0.15) is 52.8 Å². The highest BCUT2D eigenvalue weighted by atomic mass is 32.2. The second kappa shape index (κ2) is 4.69. The summed E-state index contributed by atoms with van der Waals surface area (Å²) in [7, 11) is -0.897. The molecule has 112 valence electrons. The SMILES string of the molecule is CC(C)(C)C(=O)Nc1c2c(nn1C(C)(C)C)CS(=O)C2. The van der Waals surface area contributed by atoms with Crippen molar-refractivity contribution in [3.05, 3.63) is 11.3 Å². The third-order valence-corrected chi connectivity index (χ3v) is 4.42. The number of anilines is 1. The smallest absolute Gasteiger partial charge is 0.230 e. The zero-order valence-corrected chi connectivity index (χ0v) is 13.8. The van der Waals surface area contributed by atoms with Gasteiger partial charge in [0.1, 0.15) is 5.82 Å². The summed E-state index contributed by atoms with van der Waals surface area (Å²) >= 11 is 0. The van der Waals surface area contributed by atoms with Crippen LogP contribution < -0.4 is 5.32 Å². The number of nitrogens with one attached hydrogen (secondary N) is 1. The Morgan fingerprint density at radius 1 is 1.20 bits per heavy atom. The van der Waals surface area contributed by atoms with Crippen molar-refractivity contribution in [3.8, 4) is 0 Å². The summed E-state index contributed by atoms with van der Waals surface area (Å²) in [6, 6.07) is 0. The third-order valence-electron chi connectivity index (χ3n) is 3.22. The maximum Gasteiger partial charge on any atom is 0.230 e. The average molecular weight is 297 g/mol. The average Bonchev–Trinajstić information content (AvgIpc) is 2.74. The van der Waals surface area contributed by atoms with Crippen molar-refractivity contribution in [2.24, 2.45) is 5.41 Å². The van der Waals surface area contributed by atoms with Gasteiger partial charge in [-0.25, -0.2) is 4.68 Å². The number of nitrogens with zero attached hydrogens (tertiary/aromatic N) is 2. The van der Waals surface area contributed by atoms with Crippen molar-refractivity contribution in [2.75, 3.05) is 5.32 Å². The third kappa shape index (κ3) is 2.80. The number of amides is 1. The molecule has 1 unspecified atom stereocenters. The quantitative estimate of drug-likeness (QED) is 0.865. The van der Waals surface area contributed by atoms with Crippen molar-refractivity contribution in [3.63, 3.8) is 0 Å². The van der Waals surface area contributed by atoms with E-state index in [2.05, 4.69) is 10.4 Å². The molecule has 0 fully saturated rings. The maximum absolute atomic E-state index is 12.3. The Balaban J connectivity index is 2.45. The number of hydrogen-bond acceptors (Lipinski definition) is 3. The van der Waals surface area contributed by atoms with Gasteiger partial charge in [-0.05, 0) is 20.8 Å². The Kier molecular flexibility index (Phi) is 3.57. The van der Waals surface area contributed by atoms with Crippen molar-refractivity contribution < 1.29 is 9.00 Å². The van der Waals surface area contributed by atoms with Gasteiger partial charge < -0.3 is 5.32 Å². The number of rotatable bonds is 1. The van der Waals surface area contributed by atoms with Crippen LogP contribution in [0.5, 0.6) is 0 Å². The number of fused-ring (bicyclic) bond motifs is 1. The first-order valence-electron chi connectivity index (χ1n) is 6.78. The summed E-state index contributed by atoms with van der Waals surface area (Å²) in [5, 5.41) is 7.54. The first-order chi connectivity index (χ1) is 9.00. The Labute approximate surface area is 122 Å². The molecule has 0 bridgehead atoms. The van der Waals surface area contributed by atoms with Gasteiger partial charge in [0.25, 0.3) is 0 Å². The van der Waals surface area contributed by atoms with Crippen LogP contribution in [0.4, 0.5) is 5.82 Å². The molecule has 5 nitrogen and oxygen atoms in total. The predicted molar refractivity (Wildman–Crippen MR) is 80.9 cm³/mol. The van der Waals surface area contributed by atoms with Gasteiger partial charge in [0, 0.05) is 21.8 Å². The molecule has 0 saturated heterocycles. The molecule has 1 amide bonds. The molecule has 1 aromatic heterocycles. The second-order valence-electron chi connectivity index (χ2n) is 7.29. The lowest BCUT2D eigenvalue weighted by molar-refractivity contribution is -0.123. The van der Waals surface area contributed by atoms with Gasteiger partial charge in [-0.15, -0.1) is 0 Å². The fourth-order valence-corrected chi connectivity index (χ4v) is 3.30. The lowest BCUT2D eigenvalue weighted by atomic mass is 9.95. The molecular weight excluding hydrogens is 274 g/mol. The maximum atomic E-state index is 12.3. The molecule has 6 heteroatoms. The Morgan fingerprint density at radius 2 is 1.80 bits per heavy atom. The van der Waals surface area contributed by atoms with Crippen LogP contribution in [-0.4, -0.2) is 19.9 Å². The standard InChI is InChI=1S/C14H23N3O2S/c1-13(2,3)12(18)15-11-9-7-20(19)8-10(9)16-17(11)14(4,5)6/h7-8H2,1-6H3,(H,15,18). The molecule has 0 aliphatic carbocycles. The Hall–Kier alpha value is -1.17. The normalized spacial score (nSPS) is 19.0. The van der Waals surface area contributed by atoms with E-state index in [0.29, 0.717) is 17.3 Å². The molecule has 1 aliphatic heterocycles. The second-order valence-corrected chi connectivity index (χ2v) is 8.75. The highest BCUT2D eigenvalue weighted by molar-refractivity contribution is 7.83. The highest BCUT2D eigenvalue weighted by Crippen LogP contribution is 2.33. The zero-order valence-electron chi connectivity index (χ0n) is 13.0. The molecule has 20 heavy (non-hydrogen) atoms. The summed E-state index contributed by atoms with van der Waals surface area (Å²) in [5.74, 6) is 1.61. The summed E-state index contributed by atoms with van der Waals surface area (Å²) < 4.78 is 13.6. The lowest BCUT2D eigenvalue weighted by Crippen LogP contribution is -2.32. The van der Waals surface area contributed by atoms with E-state index < -0.39 is 16.2 Å². The minimum absolute atomic E-state index is 0.0524. The van der Waals surface area contributed by atoms with Crippen LogP contribution in [0.2, 0.25) is 0 Å². The van der Waals surface area contributed by atoms with E-state index in [1.165, 1.54) is 0 Å². The Morgan fingerprint density at radius 3 is 2.30 bits per heavy atom. The van der Waals surface area contributed by atoms with E-state index in [0.717, 1.165) is 11.3 Å². The molecule has 0 saturated carbocycles. The molecule has 2 rings (SSSR count). The van der Waals surface area contributed by atoms with Crippen LogP contribution in [0.3, 0.4) is 0 Å². The van der Waals surface area contributed by atoms with Crippen molar-refractivity contribution in [1.29, 1.82) is 0 Å². The van der Waals surface area contributed by atoms with Gasteiger partial charge in [-0.2, -0.15) is 5.10 Å². The number of carbonyl (C=O) groups excluding carboxylic acids is 1. The first-order valence-corrected chi connectivity index (χ1v) is 8.26. The lowest BCUT2D eigenvalue weighted by Gasteiger charge is -2.25. The van der Waals surface area contributed by atoms with Crippen molar-refractivity contribution >= 4 is 22.5 Å². The highest BCUT2D eigenvalue weighted by Gasteiger charge is 2.33. The topological polar surface area (TPSA) is 64.0 Å². The zero-order chi connectivity index (χ0) is 15.3. The van der Waals surface area contributed by atoms with E-state index in [-0.39, 0.29) is 11.4 Å². The van der Waals surface area contributed by atoms with E-state index in [4.69, 9.17) is 0 Å². The summed E-state index contributed by atoms with van der Waals surface area (Å²) in [6.07, 6.45) is 0. The number of hydrogen-bond donors (Lipinski definition) is 1. The minimum atomic E-state index is -0.897. The molecule has 1 aliphatic rings. The van der Waals surface area contributed by atoms with E-state index >= 15 is 0 Å². The van der Waals surface area contributed by atoms with Crippen LogP contribution in [0, 0.1) is 5.41 Å². The molecular formula is C14H23N3O2S. The fraction of sp³-hybridized carbons (Fsp3) is 0.714. The number of carbonyl (C=O) groups is 1. The molecule has 1 atom stereocenters. The van der Waals surface area contributed by atoms with Gasteiger partial charge >= 0.3 is 0 Å². The van der Waals surface area contributed by atoms with Crippen LogP contribution in [0.15, 0.2) is 0 Å². The van der Waals surface area contributed by atoms with Gasteiger partial charge in [-0.1, -0.05) is 20.8 Å². The Bertz CT molecular complexity index is 576. The van der Waals surface area contributed by atoms with E-state index in [1.807, 2.05) is 46.2 Å². The number of aromatic nitrogens is 2. The summed E-state index contributed by atoms with van der Waals surface area (Å²) in [6.45, 7) is 11.7. The molecule has 1 aromatic rings.